The first-order valence-electron chi connectivity index (χ1n) is 12.8. The number of nitrogens with one attached hydrogen (secondary N) is 1. The molecule has 0 fully saturated rings. The molecule has 1 amide bonds. The van der Waals surface area contributed by atoms with Gasteiger partial charge in [0, 0.05) is 23.7 Å². The molecule has 38 heavy (non-hydrogen) atoms. The van der Waals surface area contributed by atoms with Crippen LogP contribution in [-0.2, 0) is 16.0 Å². The van der Waals surface area contributed by atoms with Gasteiger partial charge in [-0.1, -0.05) is 55.7 Å². The molecule has 0 spiro atoms. The third-order valence-corrected chi connectivity index (χ3v) is 6.56. The van der Waals surface area contributed by atoms with Crippen LogP contribution in [0.2, 0.25) is 0 Å². The number of aryl methyl sites for hydroxylation is 2. The molecule has 1 aromatic heterocycles. The van der Waals surface area contributed by atoms with Crippen molar-refractivity contribution in [2.45, 2.75) is 65.0 Å². The Labute approximate surface area is 222 Å². The molecule has 0 aliphatic heterocycles. The summed E-state index contributed by atoms with van der Waals surface area (Å²) in [6, 6.07) is 11.9. The lowest BCUT2D eigenvalue weighted by molar-refractivity contribution is -0.138. The second-order valence-corrected chi connectivity index (χ2v) is 9.58. The van der Waals surface area contributed by atoms with E-state index in [9.17, 15) is 23.9 Å². The molecule has 0 saturated carbocycles. The van der Waals surface area contributed by atoms with Gasteiger partial charge in [0.2, 0.25) is 5.91 Å². The van der Waals surface area contributed by atoms with Crippen molar-refractivity contribution in [1.29, 1.82) is 0 Å². The predicted molar refractivity (Wildman–Crippen MR) is 144 cm³/mol. The lowest BCUT2D eigenvalue weighted by Gasteiger charge is -2.25. The molecular weight excluding hydrogens is 487 g/mol. The maximum Gasteiger partial charge on any atom is 0.305 e. The van der Waals surface area contributed by atoms with E-state index in [0.29, 0.717) is 29.7 Å². The van der Waals surface area contributed by atoms with Gasteiger partial charge in [0.05, 0.1) is 19.6 Å². The number of carboxylic acids is 1. The summed E-state index contributed by atoms with van der Waals surface area (Å²) in [6.07, 6.45) is 3.22. The molecular formula is C30H35FN2O5. The van der Waals surface area contributed by atoms with Crippen LogP contribution in [0.25, 0.3) is 0 Å². The Bertz CT molecular complexity index is 1330. The van der Waals surface area contributed by atoms with Crippen molar-refractivity contribution in [3.63, 3.8) is 0 Å². The topological polar surface area (TPSA) is 97.6 Å². The van der Waals surface area contributed by atoms with E-state index >= 15 is 0 Å². The van der Waals surface area contributed by atoms with Gasteiger partial charge < -0.3 is 19.7 Å². The number of hydrogen-bond acceptors (Lipinski definition) is 4. The van der Waals surface area contributed by atoms with E-state index in [-0.39, 0.29) is 18.4 Å². The molecule has 8 heteroatoms. The molecule has 3 aromatic rings. The van der Waals surface area contributed by atoms with E-state index in [1.165, 1.54) is 17.7 Å². The minimum atomic E-state index is -1.05. The van der Waals surface area contributed by atoms with Gasteiger partial charge in [-0.15, -0.1) is 0 Å². The van der Waals surface area contributed by atoms with Gasteiger partial charge in [-0.3, -0.25) is 14.4 Å². The highest BCUT2D eigenvalue weighted by Gasteiger charge is 2.27. The van der Waals surface area contributed by atoms with Crippen LogP contribution in [0.4, 0.5) is 4.39 Å². The van der Waals surface area contributed by atoms with Gasteiger partial charge in [0.15, 0.2) is 0 Å². The zero-order valence-corrected chi connectivity index (χ0v) is 22.3. The number of carbonyl (C=O) groups excluding carboxylic acids is 1. The van der Waals surface area contributed by atoms with E-state index in [1.807, 2.05) is 32.9 Å². The molecule has 0 bridgehead atoms. The fourth-order valence-electron chi connectivity index (χ4n) is 4.56. The van der Waals surface area contributed by atoms with Gasteiger partial charge in [0.1, 0.15) is 17.6 Å². The van der Waals surface area contributed by atoms with Crippen LogP contribution in [0, 0.1) is 19.7 Å². The number of benzene rings is 2. The first-order valence-corrected chi connectivity index (χ1v) is 12.8. The summed E-state index contributed by atoms with van der Waals surface area (Å²) in [4.78, 5) is 38.9. The number of pyridine rings is 1. The predicted octanol–water partition coefficient (Wildman–Crippen LogP) is 5.27. The van der Waals surface area contributed by atoms with Crippen LogP contribution in [-0.4, -0.2) is 28.7 Å². The molecule has 3 rings (SSSR count). The second-order valence-electron chi connectivity index (χ2n) is 9.58. The van der Waals surface area contributed by atoms with Crippen LogP contribution in [0.15, 0.2) is 59.5 Å². The summed E-state index contributed by atoms with van der Waals surface area (Å²) in [5.41, 5.74) is 2.62. The number of carboxylic acid groups (broad SMARTS) is 1. The molecule has 1 heterocycles. The number of carbonyl (C=O) groups is 2. The number of aliphatic carboxylic acids is 1. The Kier molecular flexibility index (Phi) is 9.82. The molecule has 2 atom stereocenters. The normalized spacial score (nSPS) is 12.6. The number of aromatic nitrogens is 1. The molecule has 7 nitrogen and oxygen atoms in total. The van der Waals surface area contributed by atoms with Crippen LogP contribution in [0.5, 0.6) is 5.75 Å². The van der Waals surface area contributed by atoms with Crippen LogP contribution >= 0.6 is 0 Å². The van der Waals surface area contributed by atoms with Gasteiger partial charge in [-0.2, -0.15) is 0 Å². The van der Waals surface area contributed by atoms with E-state index in [0.717, 1.165) is 17.5 Å². The Morgan fingerprint density at radius 1 is 1.11 bits per heavy atom. The minimum Gasteiger partial charge on any atom is -0.496 e. The number of amides is 1. The monoisotopic (exact) mass is 522 g/mol. The average molecular weight is 523 g/mol. The highest BCUT2D eigenvalue weighted by atomic mass is 19.1. The number of ether oxygens (including phenoxy) is 1. The highest BCUT2D eigenvalue weighted by Crippen LogP contribution is 2.25. The quantitative estimate of drug-likeness (QED) is 0.338. The average Bonchev–Trinajstić information content (AvgIpc) is 2.87. The maximum atomic E-state index is 14.6. The van der Waals surface area contributed by atoms with E-state index in [2.05, 4.69) is 5.32 Å². The molecule has 0 unspecified atom stereocenters. The molecule has 0 aliphatic rings. The number of rotatable bonds is 12. The highest BCUT2D eigenvalue weighted by molar-refractivity contribution is 5.81. The van der Waals surface area contributed by atoms with Gasteiger partial charge in [-0.25, -0.2) is 4.39 Å². The molecule has 2 N–H and O–H groups in total. The summed E-state index contributed by atoms with van der Waals surface area (Å²) in [7, 11) is 1.44. The lowest BCUT2D eigenvalue weighted by atomic mass is 10.00. The first-order chi connectivity index (χ1) is 18.1. The minimum absolute atomic E-state index is 0.00345. The number of halogens is 1. The largest absolute Gasteiger partial charge is 0.496 e. The number of hydrogen-bond donors (Lipinski definition) is 2. The van der Waals surface area contributed by atoms with Crippen molar-refractivity contribution >= 4 is 11.9 Å². The first kappa shape index (κ1) is 28.6. The van der Waals surface area contributed by atoms with E-state index in [1.54, 1.807) is 36.5 Å². The SMILES string of the molecule is CCCC[C@H](C(=O)N[C@@H](CC(=O)O)c1ccc(C)cc1)n1cc(C)cc(Cc2c(F)cccc2OC)c1=O. The van der Waals surface area contributed by atoms with Gasteiger partial charge in [0.25, 0.3) is 5.56 Å². The second kappa shape index (κ2) is 13.0. The molecule has 0 radical (unpaired) electrons. The zero-order chi connectivity index (χ0) is 27.8. The van der Waals surface area contributed by atoms with Crippen LogP contribution in [0.1, 0.15) is 72.5 Å². The van der Waals surface area contributed by atoms with Crippen molar-refractivity contribution < 1.29 is 23.8 Å². The third kappa shape index (κ3) is 7.09. The van der Waals surface area contributed by atoms with Crippen LogP contribution < -0.4 is 15.6 Å². The number of methoxy groups -OCH3 is 1. The Hall–Kier alpha value is -3.94. The van der Waals surface area contributed by atoms with Crippen molar-refractivity contribution in [3.05, 3.63) is 98.7 Å². The third-order valence-electron chi connectivity index (χ3n) is 6.56. The molecule has 0 aliphatic carbocycles. The molecule has 0 saturated heterocycles. The fraction of sp³-hybridized carbons (Fsp3) is 0.367. The summed E-state index contributed by atoms with van der Waals surface area (Å²) < 4.78 is 21.3. The number of nitrogens with zero attached hydrogens (tertiary/aromatic N) is 1. The fourth-order valence-corrected chi connectivity index (χ4v) is 4.56. The Morgan fingerprint density at radius 2 is 1.82 bits per heavy atom. The molecule has 202 valence electrons. The van der Waals surface area contributed by atoms with Crippen molar-refractivity contribution in [1.82, 2.24) is 9.88 Å². The van der Waals surface area contributed by atoms with E-state index < -0.39 is 35.3 Å². The maximum absolute atomic E-state index is 14.6. The summed E-state index contributed by atoms with van der Waals surface area (Å²) >= 11 is 0. The standard InChI is InChI=1S/C30H35FN2O5/c1-5-6-9-26(29(36)32-25(17-28(34)35)21-13-11-19(2)12-14-21)33-18-20(3)15-22(30(33)37)16-23-24(31)8-7-10-27(23)38-4/h7-8,10-15,18,25-26H,5-6,9,16-17H2,1-4H3,(H,32,36)(H,34,35)/t25-,26+/m0/s1. The summed E-state index contributed by atoms with van der Waals surface area (Å²) in [5.74, 6) is -1.62. The van der Waals surface area contributed by atoms with Crippen LogP contribution in [0.3, 0.4) is 0 Å². The summed E-state index contributed by atoms with van der Waals surface area (Å²) in [5, 5.41) is 12.4. The summed E-state index contributed by atoms with van der Waals surface area (Å²) in [6.45, 7) is 5.73. The Balaban J connectivity index is 2.00. The van der Waals surface area contributed by atoms with E-state index in [4.69, 9.17) is 4.74 Å². The zero-order valence-electron chi connectivity index (χ0n) is 22.3. The smallest absolute Gasteiger partial charge is 0.305 e. The van der Waals surface area contributed by atoms with Crippen molar-refractivity contribution in [3.8, 4) is 5.75 Å². The lowest BCUT2D eigenvalue weighted by Crippen LogP contribution is -2.40. The van der Waals surface area contributed by atoms with Crippen molar-refractivity contribution in [2.75, 3.05) is 7.11 Å². The van der Waals surface area contributed by atoms with Gasteiger partial charge >= 0.3 is 5.97 Å². The Morgan fingerprint density at radius 3 is 2.45 bits per heavy atom. The van der Waals surface area contributed by atoms with Gasteiger partial charge in [-0.05, 0) is 49.6 Å². The molecule has 2 aromatic carbocycles. The number of unbranched alkanes of at least 4 members (excludes halogenated alkanes) is 1. The van der Waals surface area contributed by atoms with Crippen molar-refractivity contribution in [2.24, 2.45) is 0 Å².